The number of hydrogen-bond donors (Lipinski definition) is 3. The van der Waals surface area contributed by atoms with Crippen molar-refractivity contribution in [3.05, 3.63) is 10.6 Å². The van der Waals surface area contributed by atoms with Crippen molar-refractivity contribution in [2.24, 2.45) is 0 Å². The molecule has 0 radical (unpaired) electrons. The fourth-order valence-corrected chi connectivity index (χ4v) is 1.61. The van der Waals surface area contributed by atoms with Gasteiger partial charge in [-0.1, -0.05) is 0 Å². The molecule has 6 nitrogen and oxygen atoms in total. The van der Waals surface area contributed by atoms with E-state index in [4.69, 9.17) is 15.9 Å². The number of aromatic carboxylic acids is 1. The summed E-state index contributed by atoms with van der Waals surface area (Å²) in [5.41, 5.74) is 4.97. The predicted molar refractivity (Wildman–Crippen MR) is 55.1 cm³/mol. The van der Waals surface area contributed by atoms with Crippen molar-refractivity contribution in [3.63, 3.8) is 0 Å². The number of carboxylic acid groups (broad SMARTS) is 2. The number of aliphatic carboxylic acids is 1. The quantitative estimate of drug-likeness (QED) is 0.749. The lowest BCUT2D eigenvalue weighted by atomic mass is 10.3. The van der Waals surface area contributed by atoms with Gasteiger partial charge in [0, 0.05) is 0 Å². The zero-order valence-corrected chi connectivity index (χ0v) is 9.29. The zero-order valence-electron chi connectivity index (χ0n) is 6.76. The van der Waals surface area contributed by atoms with Gasteiger partial charge in [-0.3, -0.25) is 4.79 Å². The lowest BCUT2D eigenvalue weighted by molar-refractivity contribution is -0.136. The monoisotopic (exact) mass is 282 g/mol. The molecule has 0 saturated carbocycles. The van der Waals surface area contributed by atoms with E-state index >= 15 is 0 Å². The molecule has 0 aromatic carbocycles. The average Bonchev–Trinajstić information content (AvgIpc) is 2.29. The molecule has 1 rings (SSSR count). The van der Waals surface area contributed by atoms with Gasteiger partial charge in [-0.05, 0) is 0 Å². The second-order valence-electron chi connectivity index (χ2n) is 2.20. The van der Waals surface area contributed by atoms with E-state index < -0.39 is 11.9 Å². The van der Waals surface area contributed by atoms with Crippen LogP contribution in [0.3, 0.4) is 0 Å². The second kappa shape index (κ2) is 4.91. The first-order valence-electron chi connectivity index (χ1n) is 3.21. The second-order valence-corrected chi connectivity index (χ2v) is 3.31. The van der Waals surface area contributed by atoms with Crippen LogP contribution in [0.4, 0.5) is 5.13 Å². The number of rotatable bonds is 3. The largest absolute Gasteiger partial charge is 0.481 e. The van der Waals surface area contributed by atoms with Crippen molar-refractivity contribution >= 4 is 45.4 Å². The molecule has 0 amide bonds. The first-order valence-corrected chi connectivity index (χ1v) is 4.02. The van der Waals surface area contributed by atoms with Crippen LogP contribution in [0.25, 0.3) is 0 Å². The van der Waals surface area contributed by atoms with Gasteiger partial charge >= 0.3 is 11.9 Å². The number of carboxylic acids is 2. The Balaban J connectivity index is 0.00000169. The van der Waals surface area contributed by atoms with Crippen molar-refractivity contribution in [1.29, 1.82) is 0 Å². The number of hydrogen-bond acceptors (Lipinski definition) is 5. The molecule has 0 aliphatic carbocycles. The van der Waals surface area contributed by atoms with Crippen LogP contribution in [0.5, 0.6) is 0 Å². The third-order valence-electron chi connectivity index (χ3n) is 1.23. The molecule has 0 fully saturated rings. The van der Waals surface area contributed by atoms with E-state index in [9.17, 15) is 9.59 Å². The van der Waals surface area contributed by atoms with E-state index in [-0.39, 0.29) is 39.1 Å². The molecule has 0 unspecified atom stereocenters. The molecule has 1 aromatic heterocycles. The Hall–Kier alpha value is -1.15. The molecule has 0 bridgehead atoms. The Morgan fingerprint density at radius 3 is 2.43 bits per heavy atom. The molecule has 14 heavy (non-hydrogen) atoms. The Bertz CT molecular complexity index is 365. The van der Waals surface area contributed by atoms with Gasteiger partial charge in [-0.25, -0.2) is 9.78 Å². The number of anilines is 1. The minimum atomic E-state index is -1.26. The van der Waals surface area contributed by atoms with E-state index in [0.717, 1.165) is 11.3 Å². The van der Waals surface area contributed by atoms with E-state index in [2.05, 4.69) is 4.98 Å². The summed E-state index contributed by atoms with van der Waals surface area (Å²) in [4.78, 5) is 24.5. The topological polar surface area (TPSA) is 114 Å². The lowest BCUT2D eigenvalue weighted by Crippen LogP contribution is -2.05. The van der Waals surface area contributed by atoms with Gasteiger partial charge in [0.15, 0.2) is 10.8 Å². The molecule has 8 heteroatoms. The number of thiazole rings is 1. The summed E-state index contributed by atoms with van der Waals surface area (Å²) in [6.45, 7) is 0. The highest BCUT2D eigenvalue weighted by molar-refractivity contribution is 8.93. The highest BCUT2D eigenvalue weighted by Gasteiger charge is 2.17. The van der Waals surface area contributed by atoms with Gasteiger partial charge in [0.05, 0.1) is 11.3 Å². The van der Waals surface area contributed by atoms with E-state index in [1.54, 1.807) is 0 Å². The molecular weight excluding hydrogens is 276 g/mol. The summed E-state index contributed by atoms with van der Waals surface area (Å²) in [6.07, 6.45) is -0.365. The molecule has 1 aromatic rings. The maximum atomic E-state index is 10.5. The Kier molecular flexibility index (Phi) is 4.51. The standard InChI is InChI=1S/C6H6N2O4S.BrH/c7-6-8-4(5(11)12)2(13-6)1-3(9)10;/h1H2,(H2,7,8)(H,9,10)(H,11,12);1H. The number of halogens is 1. The lowest BCUT2D eigenvalue weighted by Gasteiger charge is -1.91. The zero-order chi connectivity index (χ0) is 10.0. The first-order chi connectivity index (χ1) is 6.00. The molecule has 0 aliphatic heterocycles. The molecule has 1 heterocycles. The van der Waals surface area contributed by atoms with Crippen LogP contribution >= 0.6 is 28.3 Å². The van der Waals surface area contributed by atoms with Gasteiger partial charge in [-0.2, -0.15) is 0 Å². The molecule has 0 spiro atoms. The highest BCUT2D eigenvalue weighted by atomic mass is 79.9. The number of aromatic nitrogens is 1. The van der Waals surface area contributed by atoms with Crippen molar-refractivity contribution in [2.75, 3.05) is 5.73 Å². The van der Waals surface area contributed by atoms with Crippen molar-refractivity contribution in [2.45, 2.75) is 6.42 Å². The van der Waals surface area contributed by atoms with Gasteiger partial charge in [0.25, 0.3) is 0 Å². The molecule has 4 N–H and O–H groups in total. The Morgan fingerprint density at radius 1 is 1.43 bits per heavy atom. The SMILES string of the molecule is Br.Nc1nc(C(=O)O)c(CC(=O)O)s1. The van der Waals surface area contributed by atoms with Gasteiger partial charge in [-0.15, -0.1) is 28.3 Å². The van der Waals surface area contributed by atoms with Crippen molar-refractivity contribution < 1.29 is 19.8 Å². The van der Waals surface area contributed by atoms with Gasteiger partial charge in [0.2, 0.25) is 0 Å². The minimum Gasteiger partial charge on any atom is -0.481 e. The maximum Gasteiger partial charge on any atom is 0.355 e. The normalized spacial score (nSPS) is 9.14. The van der Waals surface area contributed by atoms with Gasteiger partial charge in [0.1, 0.15) is 0 Å². The predicted octanol–water partition coefficient (Wildman–Crippen LogP) is 0.629. The Labute approximate surface area is 93.2 Å². The first kappa shape index (κ1) is 12.8. The van der Waals surface area contributed by atoms with Crippen LogP contribution in [-0.2, 0) is 11.2 Å². The molecular formula is C6H7BrN2O4S. The number of nitrogens with zero attached hydrogens (tertiary/aromatic N) is 1. The summed E-state index contributed by atoms with van der Waals surface area (Å²) in [5.74, 6) is -2.37. The molecule has 0 saturated heterocycles. The van der Waals surface area contributed by atoms with Crippen LogP contribution in [0.1, 0.15) is 15.4 Å². The molecule has 0 aliphatic rings. The average molecular weight is 283 g/mol. The van der Waals surface area contributed by atoms with Crippen LogP contribution in [0.2, 0.25) is 0 Å². The minimum absolute atomic E-state index is 0. The van der Waals surface area contributed by atoms with E-state index in [1.807, 2.05) is 0 Å². The van der Waals surface area contributed by atoms with Crippen molar-refractivity contribution in [1.82, 2.24) is 4.98 Å². The van der Waals surface area contributed by atoms with E-state index in [1.165, 1.54) is 0 Å². The van der Waals surface area contributed by atoms with Crippen molar-refractivity contribution in [3.8, 4) is 0 Å². The summed E-state index contributed by atoms with van der Waals surface area (Å²) < 4.78 is 0. The summed E-state index contributed by atoms with van der Waals surface area (Å²) in [6, 6.07) is 0. The number of nitrogens with two attached hydrogens (primary N) is 1. The molecule has 78 valence electrons. The highest BCUT2D eigenvalue weighted by Crippen LogP contribution is 2.20. The fraction of sp³-hybridized carbons (Fsp3) is 0.167. The third-order valence-corrected chi connectivity index (χ3v) is 2.11. The van der Waals surface area contributed by atoms with Crippen LogP contribution in [-0.4, -0.2) is 27.1 Å². The summed E-state index contributed by atoms with van der Waals surface area (Å²) >= 11 is 0.876. The fourth-order valence-electron chi connectivity index (χ4n) is 0.794. The third kappa shape index (κ3) is 2.96. The smallest absolute Gasteiger partial charge is 0.355 e. The Morgan fingerprint density at radius 2 is 2.00 bits per heavy atom. The van der Waals surface area contributed by atoms with Crippen LogP contribution in [0, 0.1) is 0 Å². The number of nitrogen functional groups attached to an aromatic ring is 1. The van der Waals surface area contributed by atoms with Gasteiger partial charge < -0.3 is 15.9 Å². The summed E-state index contributed by atoms with van der Waals surface area (Å²) in [7, 11) is 0. The van der Waals surface area contributed by atoms with Crippen LogP contribution < -0.4 is 5.73 Å². The maximum absolute atomic E-state index is 10.5. The summed E-state index contributed by atoms with van der Waals surface area (Å²) in [5, 5.41) is 17.1. The number of carbonyl (C=O) groups is 2. The van der Waals surface area contributed by atoms with Crippen LogP contribution in [0.15, 0.2) is 0 Å². The molecule has 0 atom stereocenters. The van der Waals surface area contributed by atoms with E-state index in [0.29, 0.717) is 0 Å².